The topological polar surface area (TPSA) is 276 Å². The molecule has 0 spiro atoms. The Morgan fingerprint density at radius 1 is 0.602 bits per heavy atom. The number of aliphatic hydroxyl groups is 2. The van der Waals surface area contributed by atoms with Crippen LogP contribution in [0.5, 0.6) is 0 Å². The summed E-state index contributed by atoms with van der Waals surface area (Å²) in [6.45, 7) is 26.4. The number of aromatic nitrogens is 4. The maximum atomic E-state index is 13.9. The maximum Gasteiger partial charge on any atom is 0.410 e. The highest BCUT2D eigenvalue weighted by Crippen LogP contribution is 2.35. The molecule has 6 amide bonds. The van der Waals surface area contributed by atoms with Crippen molar-refractivity contribution in [1.82, 2.24) is 50.5 Å². The lowest BCUT2D eigenvalue weighted by molar-refractivity contribution is -0.141. The number of hydrogen-bond donors (Lipinski definition) is 4. The van der Waals surface area contributed by atoms with Crippen molar-refractivity contribution in [1.29, 1.82) is 0 Å². The van der Waals surface area contributed by atoms with Gasteiger partial charge in [0, 0.05) is 52.2 Å². The Bertz CT molecular complexity index is 3140. The molecule has 2 saturated heterocycles. The van der Waals surface area contributed by atoms with Crippen molar-refractivity contribution in [3.63, 3.8) is 0 Å². The number of likely N-dealkylation sites (tertiary alicyclic amines) is 2. The Morgan fingerprint density at radius 3 is 1.24 bits per heavy atom. The molecule has 88 heavy (non-hydrogen) atoms. The van der Waals surface area contributed by atoms with Gasteiger partial charge in [0.2, 0.25) is 23.6 Å². The molecule has 1 unspecified atom stereocenters. The van der Waals surface area contributed by atoms with Gasteiger partial charge in [0.1, 0.15) is 58.0 Å². The van der Waals surface area contributed by atoms with Gasteiger partial charge in [-0.25, -0.2) is 19.6 Å². The second kappa shape index (κ2) is 28.7. The SMILES string of the molecule is Cc1ncsc1-c1ccc([C@H](C)NC(=O)[C@@H]2C[C@@H](O)CN2C(=O)C(c2cc(CN(C)C(=O)OC(C)(C)C)no2)C(C)C)cc1.Cc1ncsc1-c1ccc([C@H](C)NC(=O)[C@@H]2C[C@@H](O)CN2C(=O)[C@@H](c2cc(CN(C)C(=O)OC(C)(C)C)no2)C(C)C)cc1. The van der Waals surface area contributed by atoms with Crippen molar-refractivity contribution in [2.24, 2.45) is 11.8 Å². The first-order valence-electron chi connectivity index (χ1n) is 29.7. The summed E-state index contributed by atoms with van der Waals surface area (Å²) < 4.78 is 22.0. The largest absolute Gasteiger partial charge is 0.444 e. The Hall–Kier alpha value is -7.54. The third kappa shape index (κ3) is 17.4. The summed E-state index contributed by atoms with van der Waals surface area (Å²) >= 11 is 3.17. The summed E-state index contributed by atoms with van der Waals surface area (Å²) in [4.78, 5) is 96.1. The van der Waals surface area contributed by atoms with E-state index < -0.39 is 59.5 Å². The van der Waals surface area contributed by atoms with Crippen LogP contribution in [0.2, 0.25) is 0 Å². The van der Waals surface area contributed by atoms with Gasteiger partial charge in [-0.15, -0.1) is 22.7 Å². The van der Waals surface area contributed by atoms with E-state index in [0.717, 1.165) is 43.4 Å². The van der Waals surface area contributed by atoms with Gasteiger partial charge in [-0.05, 0) is 103 Å². The van der Waals surface area contributed by atoms with Crippen LogP contribution in [0.1, 0.15) is 165 Å². The first-order chi connectivity index (χ1) is 41.3. The molecule has 22 nitrogen and oxygen atoms in total. The van der Waals surface area contributed by atoms with Gasteiger partial charge in [0.15, 0.2) is 0 Å². The number of benzene rings is 2. The van der Waals surface area contributed by atoms with Crippen molar-refractivity contribution in [3.8, 4) is 20.9 Å². The molecule has 4 N–H and O–H groups in total. The van der Waals surface area contributed by atoms with Gasteiger partial charge in [-0.3, -0.25) is 19.2 Å². The minimum absolute atomic E-state index is 0.0415. The molecule has 0 saturated carbocycles. The van der Waals surface area contributed by atoms with Gasteiger partial charge in [-0.2, -0.15) is 0 Å². The van der Waals surface area contributed by atoms with Gasteiger partial charge in [0.05, 0.1) is 69.5 Å². The van der Waals surface area contributed by atoms with E-state index in [1.54, 1.807) is 90.4 Å². The maximum absolute atomic E-state index is 13.9. The van der Waals surface area contributed by atoms with Gasteiger partial charge in [0.25, 0.3) is 0 Å². The normalized spacial score (nSPS) is 18.3. The van der Waals surface area contributed by atoms with Crippen LogP contribution in [0.15, 0.2) is 80.7 Å². The van der Waals surface area contributed by atoms with E-state index in [0.29, 0.717) is 22.9 Å². The van der Waals surface area contributed by atoms with E-state index in [4.69, 9.17) is 18.5 Å². The number of hydrogen-bond acceptors (Lipinski definition) is 18. The Morgan fingerprint density at radius 2 is 0.943 bits per heavy atom. The van der Waals surface area contributed by atoms with Crippen molar-refractivity contribution in [2.75, 3.05) is 27.2 Å². The number of nitrogens with one attached hydrogen (secondary N) is 2. The molecule has 24 heteroatoms. The Balaban J connectivity index is 0.000000251. The monoisotopic (exact) mass is 1250 g/mol. The predicted molar refractivity (Wildman–Crippen MR) is 334 cm³/mol. The molecule has 0 bridgehead atoms. The lowest BCUT2D eigenvalue weighted by Gasteiger charge is -2.29. The fourth-order valence-corrected chi connectivity index (χ4v) is 12.2. The second-order valence-electron chi connectivity index (χ2n) is 25.6. The van der Waals surface area contributed by atoms with E-state index in [1.165, 1.54) is 19.6 Å². The number of carbonyl (C=O) groups excluding carboxylic acids is 6. The van der Waals surface area contributed by atoms with Crippen LogP contribution in [0, 0.1) is 25.7 Å². The number of ether oxygens (including phenoxy) is 2. The number of β-amino-alcohol motifs (C(OH)–C–C–N with tert-alkyl or cyclic N) is 2. The van der Waals surface area contributed by atoms with Crippen LogP contribution in [-0.2, 0) is 41.7 Å². The number of rotatable bonds is 18. The first-order valence-corrected chi connectivity index (χ1v) is 31.4. The zero-order valence-electron chi connectivity index (χ0n) is 53.3. The average molecular weight is 1250 g/mol. The molecule has 2 aromatic carbocycles. The van der Waals surface area contributed by atoms with Crippen molar-refractivity contribution < 1.29 is 57.5 Å². The molecule has 6 heterocycles. The molecular weight excluding hydrogens is 1160 g/mol. The molecule has 0 aliphatic carbocycles. The minimum Gasteiger partial charge on any atom is -0.444 e. The second-order valence-corrected chi connectivity index (χ2v) is 27.3. The molecule has 6 aromatic rings. The number of nitrogens with zero attached hydrogens (tertiary/aromatic N) is 8. The van der Waals surface area contributed by atoms with E-state index in [-0.39, 0.29) is 86.6 Å². The smallest absolute Gasteiger partial charge is 0.410 e. The van der Waals surface area contributed by atoms with Crippen LogP contribution < -0.4 is 10.6 Å². The van der Waals surface area contributed by atoms with Crippen molar-refractivity contribution in [2.45, 2.75) is 182 Å². The number of aryl methyl sites for hydroxylation is 2. The van der Waals surface area contributed by atoms with E-state index in [9.17, 15) is 39.0 Å². The van der Waals surface area contributed by atoms with E-state index in [2.05, 4.69) is 30.9 Å². The van der Waals surface area contributed by atoms with Crippen LogP contribution >= 0.6 is 22.7 Å². The lowest BCUT2D eigenvalue weighted by Crippen LogP contribution is -2.48. The third-order valence-corrected chi connectivity index (χ3v) is 17.1. The van der Waals surface area contributed by atoms with Crippen molar-refractivity contribution in [3.05, 3.63) is 117 Å². The molecule has 2 aliphatic rings. The summed E-state index contributed by atoms with van der Waals surface area (Å²) in [5.74, 6) is -2.47. The predicted octanol–water partition coefficient (Wildman–Crippen LogP) is 10.1. The first kappa shape index (κ1) is 68.0. The van der Waals surface area contributed by atoms with Crippen LogP contribution in [0.4, 0.5) is 9.59 Å². The molecule has 476 valence electrons. The molecule has 2 aliphatic heterocycles. The lowest BCUT2D eigenvalue weighted by atomic mass is 9.91. The number of aliphatic hydroxyl groups excluding tert-OH is 2. The summed E-state index contributed by atoms with van der Waals surface area (Å²) in [7, 11) is 3.19. The Labute approximate surface area is 523 Å². The highest BCUT2D eigenvalue weighted by molar-refractivity contribution is 7.13. The summed E-state index contributed by atoms with van der Waals surface area (Å²) in [5.41, 5.74) is 9.22. The summed E-state index contributed by atoms with van der Waals surface area (Å²) in [5, 5.41) is 35.3. The zero-order chi connectivity index (χ0) is 64.7. The highest BCUT2D eigenvalue weighted by Gasteiger charge is 2.45. The number of carbonyl (C=O) groups is 6. The molecule has 4 aromatic heterocycles. The van der Waals surface area contributed by atoms with E-state index in [1.807, 2.05) is 115 Å². The van der Waals surface area contributed by atoms with Crippen LogP contribution in [0.25, 0.3) is 20.9 Å². The zero-order valence-corrected chi connectivity index (χ0v) is 54.9. The minimum atomic E-state index is -0.832. The highest BCUT2D eigenvalue weighted by atomic mass is 32.1. The third-order valence-electron chi connectivity index (χ3n) is 15.1. The van der Waals surface area contributed by atoms with Crippen LogP contribution in [0.3, 0.4) is 0 Å². The Kier molecular flexibility index (Phi) is 22.2. The van der Waals surface area contributed by atoms with Gasteiger partial charge >= 0.3 is 12.2 Å². The van der Waals surface area contributed by atoms with E-state index >= 15 is 0 Å². The molecular formula is C64H86N10O12S2. The number of amides is 6. The molecule has 8 atom stereocenters. The molecule has 2 fully saturated rings. The average Bonchev–Trinajstić information content (AvgIpc) is 1.87. The van der Waals surface area contributed by atoms with Crippen molar-refractivity contribution >= 4 is 58.5 Å². The summed E-state index contributed by atoms with van der Waals surface area (Å²) in [6, 6.07) is 17.0. The molecule has 0 radical (unpaired) electrons. The van der Waals surface area contributed by atoms with Crippen LogP contribution in [-0.4, -0.2) is 149 Å². The molecule has 8 rings (SSSR count). The fraction of sp³-hybridized carbons (Fsp3) is 0.531. The fourth-order valence-electron chi connectivity index (χ4n) is 10.6. The quantitative estimate of drug-likeness (QED) is 0.0623. The summed E-state index contributed by atoms with van der Waals surface area (Å²) in [6.07, 6.45) is -2.38. The number of thiazole rings is 2. The van der Waals surface area contributed by atoms with Gasteiger partial charge < -0.3 is 59.0 Å². The van der Waals surface area contributed by atoms with Gasteiger partial charge in [-0.1, -0.05) is 86.5 Å². The standard InChI is InChI=1S/2C32H43N5O6S/c2*1-18(2)27(26-13-23(35-43-26)15-36(8)31(41)42-32(5,6)7)30(40)37-16-24(38)14-25(37)29(39)34-19(3)21-9-11-22(12-10-21)28-20(4)33-17-44-28/h2*9-13,17-19,24-25,27,38H,14-16H2,1-8H3,(H,34,39)/t19-,24+,25-,27?;19-,24+,25-,27+/m00/s1.